The summed E-state index contributed by atoms with van der Waals surface area (Å²) in [6.45, 7) is 7.11. The molecule has 0 aromatic rings. The van der Waals surface area contributed by atoms with Crippen LogP contribution in [-0.4, -0.2) is 34.7 Å². The first kappa shape index (κ1) is 16.4. The highest BCUT2D eigenvalue weighted by Crippen LogP contribution is 2.30. The Kier molecular flexibility index (Phi) is 6.78. The van der Waals surface area contributed by atoms with Crippen LogP contribution in [0.15, 0.2) is 0 Å². The Balaban J connectivity index is 5.02. The minimum Gasteiger partial charge on any atom is -0.467 e. The normalized spacial score (nSPS) is 16.4. The summed E-state index contributed by atoms with van der Waals surface area (Å²) in [4.78, 5) is 23.5. The monoisotopic (exact) mass is 262 g/mol. The molecule has 2 atom stereocenters. The van der Waals surface area contributed by atoms with Crippen LogP contribution < -0.4 is 0 Å². The lowest BCUT2D eigenvalue weighted by Gasteiger charge is -2.30. The van der Waals surface area contributed by atoms with E-state index in [4.69, 9.17) is 0 Å². The Hall–Kier alpha value is -0.550. The van der Waals surface area contributed by atoms with Gasteiger partial charge in [0, 0.05) is 0 Å². The predicted molar refractivity (Wildman–Crippen MR) is 68.7 cm³/mol. The molecule has 0 aromatic carbocycles. The molecule has 0 saturated heterocycles. The third-order valence-corrected chi connectivity index (χ3v) is 3.41. The van der Waals surface area contributed by atoms with Crippen LogP contribution in [0.1, 0.15) is 34.1 Å². The Morgan fingerprint density at radius 3 is 2.29 bits per heavy atom. The number of aliphatic hydroxyl groups is 1. The van der Waals surface area contributed by atoms with E-state index in [1.807, 2.05) is 20.8 Å². The number of carbonyl (C=O) groups excluding carboxylic acids is 2. The molecule has 0 aliphatic heterocycles. The molecule has 0 aliphatic rings. The van der Waals surface area contributed by atoms with Crippen molar-refractivity contribution < 1.29 is 19.4 Å². The number of rotatable bonds is 6. The number of ether oxygens (including phenoxy) is 1. The molecule has 5 heteroatoms. The SMILES string of the molecule is CCSC(=O)[C@H](CC(C)C)[C@@](C)(O)C(=O)OC. The van der Waals surface area contributed by atoms with E-state index in [2.05, 4.69) is 4.74 Å². The molecule has 0 unspecified atom stereocenters. The maximum Gasteiger partial charge on any atom is 0.338 e. The molecular weight excluding hydrogens is 240 g/mol. The minimum atomic E-state index is -1.75. The van der Waals surface area contributed by atoms with Crippen LogP contribution in [0, 0.1) is 11.8 Å². The molecule has 0 fully saturated rings. The van der Waals surface area contributed by atoms with Gasteiger partial charge in [-0.25, -0.2) is 4.79 Å². The van der Waals surface area contributed by atoms with Crippen molar-refractivity contribution in [1.29, 1.82) is 0 Å². The molecule has 0 aliphatic carbocycles. The molecule has 0 aromatic heterocycles. The summed E-state index contributed by atoms with van der Waals surface area (Å²) in [5.74, 6) is -0.629. The Bertz CT molecular complexity index is 274. The number of esters is 1. The zero-order valence-electron chi connectivity index (χ0n) is 11.1. The van der Waals surface area contributed by atoms with E-state index in [9.17, 15) is 14.7 Å². The van der Waals surface area contributed by atoms with Crippen molar-refractivity contribution in [3.63, 3.8) is 0 Å². The molecular formula is C12H22O4S. The fraction of sp³-hybridized carbons (Fsp3) is 0.833. The summed E-state index contributed by atoms with van der Waals surface area (Å²) in [5, 5.41) is 10.0. The van der Waals surface area contributed by atoms with Gasteiger partial charge in [-0.3, -0.25) is 4.79 Å². The first-order valence-corrected chi connectivity index (χ1v) is 6.73. The van der Waals surface area contributed by atoms with Crippen LogP contribution in [0.4, 0.5) is 0 Å². The minimum absolute atomic E-state index is 0.156. The predicted octanol–water partition coefficient (Wildman–Crippen LogP) is 1.85. The van der Waals surface area contributed by atoms with Crippen molar-refractivity contribution >= 4 is 22.8 Å². The second kappa shape index (κ2) is 7.01. The van der Waals surface area contributed by atoms with Crippen molar-refractivity contribution in [2.24, 2.45) is 11.8 Å². The van der Waals surface area contributed by atoms with Gasteiger partial charge >= 0.3 is 5.97 Å². The van der Waals surface area contributed by atoms with Crippen LogP contribution in [0.2, 0.25) is 0 Å². The highest BCUT2D eigenvalue weighted by atomic mass is 32.2. The van der Waals surface area contributed by atoms with Gasteiger partial charge in [-0.2, -0.15) is 0 Å². The van der Waals surface area contributed by atoms with Gasteiger partial charge in [-0.1, -0.05) is 32.5 Å². The molecule has 4 nitrogen and oxygen atoms in total. The van der Waals surface area contributed by atoms with E-state index in [0.29, 0.717) is 12.2 Å². The first-order valence-electron chi connectivity index (χ1n) is 5.74. The summed E-state index contributed by atoms with van der Waals surface area (Å²) in [5.41, 5.74) is -1.75. The topological polar surface area (TPSA) is 63.6 Å². The zero-order chi connectivity index (χ0) is 13.6. The highest BCUT2D eigenvalue weighted by Gasteiger charge is 2.44. The Morgan fingerprint density at radius 2 is 1.94 bits per heavy atom. The number of thioether (sulfide) groups is 1. The largest absolute Gasteiger partial charge is 0.467 e. The van der Waals surface area contributed by atoms with Gasteiger partial charge in [0.25, 0.3) is 0 Å². The lowest BCUT2D eigenvalue weighted by molar-refractivity contribution is -0.168. The Morgan fingerprint density at radius 1 is 1.41 bits per heavy atom. The molecule has 17 heavy (non-hydrogen) atoms. The second-order valence-electron chi connectivity index (χ2n) is 4.57. The average Bonchev–Trinajstić information content (AvgIpc) is 2.24. The van der Waals surface area contributed by atoms with E-state index in [1.54, 1.807) is 0 Å². The number of hydrogen-bond donors (Lipinski definition) is 1. The van der Waals surface area contributed by atoms with Crippen LogP contribution in [-0.2, 0) is 14.3 Å². The molecule has 0 spiro atoms. The average molecular weight is 262 g/mol. The van der Waals surface area contributed by atoms with Gasteiger partial charge in [0.2, 0.25) is 0 Å². The number of methoxy groups -OCH3 is 1. The third-order valence-electron chi connectivity index (χ3n) is 2.56. The maximum atomic E-state index is 11.9. The fourth-order valence-corrected chi connectivity index (χ4v) is 2.43. The standard InChI is InChI=1S/C12H22O4S/c1-6-17-10(13)9(7-8(2)3)12(4,15)11(14)16-5/h8-9,15H,6-7H2,1-5H3/t9-,12+/m0/s1. The van der Waals surface area contributed by atoms with Crippen LogP contribution in [0.25, 0.3) is 0 Å². The van der Waals surface area contributed by atoms with Crippen LogP contribution >= 0.6 is 11.8 Å². The van der Waals surface area contributed by atoms with Crippen molar-refractivity contribution in [3.05, 3.63) is 0 Å². The zero-order valence-corrected chi connectivity index (χ0v) is 12.0. The van der Waals surface area contributed by atoms with Gasteiger partial charge in [0.15, 0.2) is 10.7 Å². The maximum absolute atomic E-state index is 11.9. The summed E-state index contributed by atoms with van der Waals surface area (Å²) in [6, 6.07) is 0. The molecule has 0 amide bonds. The van der Waals surface area contributed by atoms with Gasteiger partial charge in [0.05, 0.1) is 13.0 Å². The molecule has 0 radical (unpaired) electrons. The van der Waals surface area contributed by atoms with E-state index in [-0.39, 0.29) is 11.0 Å². The van der Waals surface area contributed by atoms with E-state index in [1.165, 1.54) is 14.0 Å². The number of carbonyl (C=O) groups is 2. The molecule has 0 rings (SSSR count). The highest BCUT2D eigenvalue weighted by molar-refractivity contribution is 8.13. The molecule has 100 valence electrons. The van der Waals surface area contributed by atoms with Crippen LogP contribution in [0.3, 0.4) is 0 Å². The third kappa shape index (κ3) is 4.68. The summed E-state index contributed by atoms with van der Waals surface area (Å²) < 4.78 is 4.56. The van der Waals surface area contributed by atoms with Gasteiger partial charge < -0.3 is 9.84 Å². The molecule has 0 saturated carbocycles. The summed E-state index contributed by atoms with van der Waals surface area (Å²) in [6.07, 6.45) is 0.466. The summed E-state index contributed by atoms with van der Waals surface area (Å²) >= 11 is 1.13. The van der Waals surface area contributed by atoms with E-state index >= 15 is 0 Å². The van der Waals surface area contributed by atoms with Gasteiger partial charge in [-0.05, 0) is 25.0 Å². The molecule has 0 bridgehead atoms. The van der Waals surface area contributed by atoms with Crippen molar-refractivity contribution in [2.75, 3.05) is 12.9 Å². The fourth-order valence-electron chi connectivity index (χ4n) is 1.62. The lowest BCUT2D eigenvalue weighted by Crippen LogP contribution is -2.47. The number of hydrogen-bond acceptors (Lipinski definition) is 5. The molecule has 0 heterocycles. The lowest BCUT2D eigenvalue weighted by atomic mass is 9.84. The smallest absolute Gasteiger partial charge is 0.338 e. The van der Waals surface area contributed by atoms with Crippen molar-refractivity contribution in [2.45, 2.75) is 39.7 Å². The van der Waals surface area contributed by atoms with E-state index in [0.717, 1.165) is 11.8 Å². The second-order valence-corrected chi connectivity index (χ2v) is 5.84. The first-order chi connectivity index (χ1) is 7.77. The molecule has 1 N–H and O–H groups in total. The Labute approximate surface area is 107 Å². The van der Waals surface area contributed by atoms with Crippen molar-refractivity contribution in [3.8, 4) is 0 Å². The summed E-state index contributed by atoms with van der Waals surface area (Å²) in [7, 11) is 1.21. The van der Waals surface area contributed by atoms with Gasteiger partial charge in [-0.15, -0.1) is 0 Å². The van der Waals surface area contributed by atoms with Gasteiger partial charge in [0.1, 0.15) is 0 Å². The van der Waals surface area contributed by atoms with Crippen molar-refractivity contribution in [1.82, 2.24) is 0 Å². The van der Waals surface area contributed by atoms with Crippen LogP contribution in [0.5, 0.6) is 0 Å². The van der Waals surface area contributed by atoms with E-state index < -0.39 is 17.5 Å². The quantitative estimate of drug-likeness (QED) is 0.740.